The van der Waals surface area contributed by atoms with Gasteiger partial charge in [0.05, 0.1) is 46.5 Å². The molecule has 0 unspecified atom stereocenters. The van der Waals surface area contributed by atoms with Crippen molar-refractivity contribution in [3.05, 3.63) is 186 Å². The van der Waals surface area contributed by atoms with E-state index in [1.807, 2.05) is 54.6 Å². The topological polar surface area (TPSA) is 186 Å². The Morgan fingerprint density at radius 1 is 0.762 bits per heavy atom. The van der Waals surface area contributed by atoms with Gasteiger partial charge in [0.25, 0.3) is 11.2 Å². The van der Waals surface area contributed by atoms with Crippen LogP contribution in [0.1, 0.15) is 40.5 Å². The molecule has 7 rings (SSSR count). The zero-order chi connectivity index (χ0) is 44.9. The summed E-state index contributed by atoms with van der Waals surface area (Å²) in [6.45, 7) is 1.03. The van der Waals surface area contributed by atoms with Crippen molar-refractivity contribution in [2.45, 2.75) is 48.8 Å². The number of para-hydroxylation sites is 1. The fourth-order valence-corrected chi connectivity index (χ4v) is 8.97. The summed E-state index contributed by atoms with van der Waals surface area (Å²) in [4.78, 5) is 38.5. The molecule has 3 atom stereocenters. The minimum absolute atomic E-state index is 0.179. The van der Waals surface area contributed by atoms with Crippen molar-refractivity contribution in [3.63, 3.8) is 0 Å². The first kappa shape index (κ1) is 44.3. The molecule has 0 amide bonds. The number of hydrogen-bond donors (Lipinski definition) is 0. The molecule has 5 aromatic carbocycles. The number of ether oxygens (including phenoxy) is 6. The van der Waals surface area contributed by atoms with Crippen LogP contribution in [0.15, 0.2) is 142 Å². The number of hydrogen-bond acceptors (Lipinski definition) is 13. The number of benzene rings is 5. The van der Waals surface area contributed by atoms with Gasteiger partial charge in [-0.3, -0.25) is 28.2 Å². The number of nitrogens with zero attached hydrogens (tertiary/aromatic N) is 3. The lowest BCUT2D eigenvalue weighted by atomic mass is 9.80. The van der Waals surface area contributed by atoms with Crippen LogP contribution in [0.2, 0.25) is 0 Å². The molecule has 1 aliphatic rings. The van der Waals surface area contributed by atoms with Gasteiger partial charge in [-0.05, 0) is 66.1 Å². The Balaban J connectivity index is 1.33. The molecule has 6 aromatic rings. The summed E-state index contributed by atoms with van der Waals surface area (Å²) in [5.41, 5.74) is -0.628. The van der Waals surface area contributed by atoms with E-state index >= 15 is 0 Å². The molecule has 1 fully saturated rings. The zero-order valence-electron chi connectivity index (χ0n) is 35.0. The fraction of sp³-hybridized carbons (Fsp3) is 0.261. The number of rotatable bonds is 17. The molecule has 16 nitrogen and oxygen atoms in total. The number of aromatic nitrogens is 2. The van der Waals surface area contributed by atoms with Crippen LogP contribution in [0.5, 0.6) is 23.0 Å². The van der Waals surface area contributed by atoms with Gasteiger partial charge in [0.2, 0.25) is 0 Å². The molecule has 1 aromatic heterocycles. The second-order valence-corrected chi connectivity index (χ2v) is 16.1. The third-order valence-electron chi connectivity index (χ3n) is 10.9. The highest BCUT2D eigenvalue weighted by Crippen LogP contribution is 2.43. The summed E-state index contributed by atoms with van der Waals surface area (Å²) >= 11 is 0. The van der Waals surface area contributed by atoms with Crippen LogP contribution >= 0.6 is 0 Å². The van der Waals surface area contributed by atoms with Crippen LogP contribution in [-0.4, -0.2) is 69.7 Å². The third-order valence-corrected chi connectivity index (χ3v) is 12.3. The average molecular weight is 880 g/mol. The van der Waals surface area contributed by atoms with E-state index in [4.69, 9.17) is 32.6 Å². The molecule has 1 saturated heterocycles. The molecule has 0 N–H and O–H groups in total. The van der Waals surface area contributed by atoms with Crippen LogP contribution in [0, 0.1) is 17.0 Å². The first-order valence-electron chi connectivity index (χ1n) is 19.7. The first-order valence-corrected chi connectivity index (χ1v) is 21.1. The van der Waals surface area contributed by atoms with E-state index in [1.54, 1.807) is 63.6 Å². The minimum Gasteiger partial charge on any atom is -0.497 e. The van der Waals surface area contributed by atoms with Gasteiger partial charge in [-0.2, -0.15) is 8.42 Å². The third kappa shape index (κ3) is 8.94. The Bertz CT molecular complexity index is 2760. The van der Waals surface area contributed by atoms with E-state index in [0.29, 0.717) is 45.3 Å². The smallest absolute Gasteiger partial charge is 0.333 e. The highest BCUT2D eigenvalue weighted by atomic mass is 32.2. The highest BCUT2D eigenvalue weighted by Gasteiger charge is 2.45. The van der Waals surface area contributed by atoms with Crippen LogP contribution in [-0.2, 0) is 35.9 Å². The Kier molecular flexibility index (Phi) is 13.1. The summed E-state index contributed by atoms with van der Waals surface area (Å²) in [5, 5.41) is 12.0. The van der Waals surface area contributed by atoms with Crippen molar-refractivity contribution in [3.8, 4) is 23.0 Å². The zero-order valence-corrected chi connectivity index (χ0v) is 35.9. The Morgan fingerprint density at radius 3 is 1.92 bits per heavy atom. The van der Waals surface area contributed by atoms with Crippen molar-refractivity contribution in [2.75, 3.05) is 35.0 Å². The van der Waals surface area contributed by atoms with E-state index < -0.39 is 60.9 Å². The van der Waals surface area contributed by atoms with Crippen molar-refractivity contribution < 1.29 is 45.9 Å². The molecule has 17 heteroatoms. The predicted molar refractivity (Wildman–Crippen MR) is 230 cm³/mol. The molecule has 0 saturated carbocycles. The predicted octanol–water partition coefficient (Wildman–Crippen LogP) is 6.38. The Labute approximate surface area is 363 Å². The molecular formula is C46H45N3O13S. The molecule has 328 valence electrons. The maximum atomic E-state index is 14.4. The largest absolute Gasteiger partial charge is 0.497 e. The maximum Gasteiger partial charge on any atom is 0.333 e. The molecule has 63 heavy (non-hydrogen) atoms. The first-order chi connectivity index (χ1) is 30.3. The monoisotopic (exact) mass is 879 g/mol. The molecule has 0 radical (unpaired) electrons. The summed E-state index contributed by atoms with van der Waals surface area (Å²) in [6, 6.07) is 33.8. The van der Waals surface area contributed by atoms with E-state index in [2.05, 4.69) is 0 Å². The summed E-state index contributed by atoms with van der Waals surface area (Å²) in [7, 11) is 1.23. The number of methoxy groups -OCH3 is 4. The summed E-state index contributed by atoms with van der Waals surface area (Å²) in [5.74, 6) is 2.08. The molecule has 1 aliphatic heterocycles. The van der Waals surface area contributed by atoms with Gasteiger partial charge in [-0.1, -0.05) is 66.7 Å². The lowest BCUT2D eigenvalue weighted by molar-refractivity contribution is -0.387. The van der Waals surface area contributed by atoms with Gasteiger partial charge in [-0.25, -0.2) is 4.79 Å². The number of aryl methyl sites for hydroxylation is 1. The van der Waals surface area contributed by atoms with Gasteiger partial charge < -0.3 is 28.4 Å². The normalized spacial score (nSPS) is 16.4. The Morgan fingerprint density at radius 2 is 1.33 bits per heavy atom. The fourth-order valence-electron chi connectivity index (χ4n) is 7.69. The van der Waals surface area contributed by atoms with Gasteiger partial charge in [-0.15, -0.1) is 0 Å². The van der Waals surface area contributed by atoms with E-state index in [0.717, 1.165) is 16.7 Å². The second kappa shape index (κ2) is 18.7. The van der Waals surface area contributed by atoms with Gasteiger partial charge >= 0.3 is 15.8 Å². The molecule has 0 bridgehead atoms. The maximum absolute atomic E-state index is 14.4. The highest BCUT2D eigenvalue weighted by molar-refractivity contribution is 7.87. The minimum atomic E-state index is -4.84. The van der Waals surface area contributed by atoms with Crippen molar-refractivity contribution in [2.24, 2.45) is 0 Å². The SMILES string of the molecule is COc1ccc(C(OC[C@H]2O[C@@H](n3cc(C)c(=O)n(Cc4ccc(OC)cc4OC)c3=O)C[C@H]2OS(=O)(=O)c2ccccc2[N+](=O)[O-])(c2ccccc2)c2ccc(OC)cc2)cc1. The van der Waals surface area contributed by atoms with E-state index in [9.17, 15) is 28.1 Å². The number of nitro groups is 1. The van der Waals surface area contributed by atoms with Crippen molar-refractivity contribution >= 4 is 15.8 Å². The van der Waals surface area contributed by atoms with Gasteiger partial charge in [0.15, 0.2) is 4.90 Å². The average Bonchev–Trinajstić information content (AvgIpc) is 3.70. The van der Waals surface area contributed by atoms with Crippen LogP contribution in [0.3, 0.4) is 0 Å². The Hall–Kier alpha value is -6.79. The van der Waals surface area contributed by atoms with Crippen molar-refractivity contribution in [1.29, 1.82) is 0 Å². The quantitative estimate of drug-likeness (QED) is 0.0426. The van der Waals surface area contributed by atoms with Gasteiger partial charge in [0, 0.05) is 35.9 Å². The van der Waals surface area contributed by atoms with E-state index in [1.165, 1.54) is 37.1 Å². The molecule has 2 heterocycles. The summed E-state index contributed by atoms with van der Waals surface area (Å²) < 4.78 is 71.6. The molecular weight excluding hydrogens is 835 g/mol. The molecule has 0 spiro atoms. The summed E-state index contributed by atoms with van der Waals surface area (Å²) in [6.07, 6.45) is -2.69. The van der Waals surface area contributed by atoms with Gasteiger partial charge in [0.1, 0.15) is 47.0 Å². The van der Waals surface area contributed by atoms with Crippen LogP contribution in [0.25, 0.3) is 0 Å². The lowest BCUT2D eigenvalue weighted by Gasteiger charge is -2.37. The molecule has 0 aliphatic carbocycles. The second-order valence-electron chi connectivity index (χ2n) is 14.6. The standard InChI is InChI=1S/C46H45N3O13S/c1-30-27-47(45(51)48(44(30)50)28-31-15-20-37(58-4)25-39(31)59-5)43-26-40(62-63(54,55)42-14-10-9-13-38(42)49(52)53)41(61-43)29-60-46(32-11-7-6-8-12-32,33-16-21-35(56-2)22-17-33)34-18-23-36(57-3)24-19-34/h6-25,27,40-41,43H,26,28-29H2,1-5H3/t40-,41-,43-/m1/s1. The van der Waals surface area contributed by atoms with Crippen molar-refractivity contribution in [1.82, 2.24) is 9.13 Å². The number of nitro benzene ring substituents is 1. The van der Waals surface area contributed by atoms with Crippen LogP contribution in [0.4, 0.5) is 5.69 Å². The lowest BCUT2D eigenvalue weighted by Crippen LogP contribution is -2.42. The van der Waals surface area contributed by atoms with E-state index in [-0.39, 0.29) is 25.1 Å². The van der Waals surface area contributed by atoms with Crippen LogP contribution < -0.4 is 30.2 Å².